The summed E-state index contributed by atoms with van der Waals surface area (Å²) in [5.74, 6) is 1.44. The van der Waals surface area contributed by atoms with E-state index in [-0.39, 0.29) is 6.04 Å². The summed E-state index contributed by atoms with van der Waals surface area (Å²) < 4.78 is 11.1. The average molecular weight is 272 g/mol. The summed E-state index contributed by atoms with van der Waals surface area (Å²) in [6.45, 7) is 2.40. The zero-order valence-electron chi connectivity index (χ0n) is 11.9. The Labute approximate surface area is 119 Å². The van der Waals surface area contributed by atoms with Gasteiger partial charge in [-0.1, -0.05) is 12.1 Å². The van der Waals surface area contributed by atoms with Crippen molar-refractivity contribution in [3.8, 4) is 11.5 Å². The van der Waals surface area contributed by atoms with E-state index in [4.69, 9.17) is 15.2 Å². The second-order valence-corrected chi connectivity index (χ2v) is 4.78. The van der Waals surface area contributed by atoms with Crippen LogP contribution in [0.5, 0.6) is 11.5 Å². The van der Waals surface area contributed by atoms with Crippen LogP contribution < -0.4 is 15.2 Å². The predicted molar refractivity (Wildman–Crippen MR) is 78.9 cm³/mol. The summed E-state index contributed by atoms with van der Waals surface area (Å²) in [6.07, 6.45) is 2.56. The molecule has 1 aromatic heterocycles. The highest BCUT2D eigenvalue weighted by atomic mass is 16.5. The van der Waals surface area contributed by atoms with Crippen LogP contribution in [-0.4, -0.2) is 18.1 Å². The van der Waals surface area contributed by atoms with Crippen LogP contribution in [0.25, 0.3) is 0 Å². The highest BCUT2D eigenvalue weighted by Gasteiger charge is 2.08. The van der Waals surface area contributed by atoms with Gasteiger partial charge >= 0.3 is 0 Å². The van der Waals surface area contributed by atoms with Gasteiger partial charge in [-0.3, -0.25) is 4.98 Å². The van der Waals surface area contributed by atoms with Gasteiger partial charge in [0.2, 0.25) is 0 Å². The Morgan fingerprint density at radius 3 is 2.70 bits per heavy atom. The van der Waals surface area contributed by atoms with E-state index < -0.39 is 0 Å². The summed E-state index contributed by atoms with van der Waals surface area (Å²) in [5.41, 5.74) is 7.85. The number of hydrogen-bond donors (Lipinski definition) is 1. The fraction of sp³-hybridized carbons (Fsp3) is 0.312. The third-order valence-corrected chi connectivity index (χ3v) is 2.89. The Morgan fingerprint density at radius 1 is 1.20 bits per heavy atom. The van der Waals surface area contributed by atoms with E-state index in [1.54, 1.807) is 13.3 Å². The number of nitrogens with two attached hydrogens (primary N) is 1. The molecular formula is C16H20N2O2. The number of hydrogen-bond acceptors (Lipinski definition) is 4. The van der Waals surface area contributed by atoms with Gasteiger partial charge in [-0.2, -0.15) is 0 Å². The van der Waals surface area contributed by atoms with Gasteiger partial charge in [0.05, 0.1) is 12.8 Å². The summed E-state index contributed by atoms with van der Waals surface area (Å²) in [6, 6.07) is 11.8. The topological polar surface area (TPSA) is 57.4 Å². The van der Waals surface area contributed by atoms with E-state index in [9.17, 15) is 0 Å². The summed E-state index contributed by atoms with van der Waals surface area (Å²) >= 11 is 0. The molecule has 0 aliphatic rings. The van der Waals surface area contributed by atoms with Gasteiger partial charge in [-0.05, 0) is 43.2 Å². The van der Waals surface area contributed by atoms with E-state index in [2.05, 4.69) is 4.98 Å². The lowest BCUT2D eigenvalue weighted by molar-refractivity contribution is 0.280. The van der Waals surface area contributed by atoms with E-state index >= 15 is 0 Å². The molecule has 0 aliphatic heterocycles. The van der Waals surface area contributed by atoms with Crippen LogP contribution in [0.4, 0.5) is 0 Å². The van der Waals surface area contributed by atoms with Crippen molar-refractivity contribution < 1.29 is 9.47 Å². The molecule has 1 unspecified atom stereocenters. The molecule has 0 saturated heterocycles. The fourth-order valence-corrected chi connectivity index (χ4v) is 1.97. The minimum atomic E-state index is 0.118. The van der Waals surface area contributed by atoms with Crippen LogP contribution in [-0.2, 0) is 13.0 Å². The van der Waals surface area contributed by atoms with E-state index in [1.165, 1.54) is 0 Å². The molecule has 2 rings (SSSR count). The molecule has 0 spiro atoms. The Kier molecular flexibility index (Phi) is 4.96. The zero-order valence-corrected chi connectivity index (χ0v) is 11.9. The molecule has 2 aromatic rings. The lowest BCUT2D eigenvalue weighted by Crippen LogP contribution is -2.17. The van der Waals surface area contributed by atoms with Crippen LogP contribution >= 0.6 is 0 Å². The first-order valence-electron chi connectivity index (χ1n) is 6.64. The van der Waals surface area contributed by atoms with Crippen molar-refractivity contribution in [2.45, 2.75) is 26.0 Å². The SMILES string of the molecule is COc1ccc(CC(C)N)cc1OCc1ccccn1. The van der Waals surface area contributed by atoms with Crippen LogP contribution in [0, 0.1) is 0 Å². The largest absolute Gasteiger partial charge is 0.493 e. The predicted octanol–water partition coefficient (Wildman–Crippen LogP) is 2.56. The van der Waals surface area contributed by atoms with Crippen LogP contribution in [0.15, 0.2) is 42.6 Å². The maximum atomic E-state index is 5.83. The first-order valence-corrected chi connectivity index (χ1v) is 6.64. The van der Waals surface area contributed by atoms with Gasteiger partial charge in [0, 0.05) is 12.2 Å². The fourth-order valence-electron chi connectivity index (χ4n) is 1.97. The Bertz CT molecular complexity index is 541. The maximum absolute atomic E-state index is 5.83. The maximum Gasteiger partial charge on any atom is 0.162 e. The molecule has 0 aliphatic carbocycles. The molecule has 20 heavy (non-hydrogen) atoms. The van der Waals surface area contributed by atoms with Crippen LogP contribution in [0.1, 0.15) is 18.2 Å². The van der Waals surface area contributed by atoms with E-state index in [0.29, 0.717) is 12.4 Å². The van der Waals surface area contributed by atoms with Crippen molar-refractivity contribution in [1.29, 1.82) is 0 Å². The van der Waals surface area contributed by atoms with E-state index in [0.717, 1.165) is 23.4 Å². The number of benzene rings is 1. The molecule has 0 radical (unpaired) electrons. The highest BCUT2D eigenvalue weighted by Crippen LogP contribution is 2.29. The van der Waals surface area contributed by atoms with Crippen molar-refractivity contribution in [2.24, 2.45) is 5.73 Å². The first kappa shape index (κ1) is 14.3. The van der Waals surface area contributed by atoms with Crippen molar-refractivity contribution in [3.05, 3.63) is 53.9 Å². The Balaban J connectivity index is 2.12. The molecule has 1 aromatic carbocycles. The zero-order chi connectivity index (χ0) is 14.4. The van der Waals surface area contributed by atoms with Crippen molar-refractivity contribution in [3.63, 3.8) is 0 Å². The quantitative estimate of drug-likeness (QED) is 0.878. The molecule has 1 heterocycles. The van der Waals surface area contributed by atoms with E-state index in [1.807, 2.05) is 43.3 Å². The van der Waals surface area contributed by atoms with Crippen LogP contribution in [0.2, 0.25) is 0 Å². The lowest BCUT2D eigenvalue weighted by Gasteiger charge is -2.13. The third kappa shape index (κ3) is 3.96. The number of pyridine rings is 1. The van der Waals surface area contributed by atoms with Gasteiger partial charge in [0.15, 0.2) is 11.5 Å². The molecule has 4 nitrogen and oxygen atoms in total. The molecule has 0 saturated carbocycles. The standard InChI is InChI=1S/C16H20N2O2/c1-12(17)9-13-6-7-15(19-2)16(10-13)20-11-14-5-3-4-8-18-14/h3-8,10,12H,9,11,17H2,1-2H3. The molecule has 106 valence electrons. The molecule has 0 fully saturated rings. The minimum absolute atomic E-state index is 0.118. The highest BCUT2D eigenvalue weighted by molar-refractivity contribution is 5.43. The molecule has 2 N–H and O–H groups in total. The molecule has 0 amide bonds. The van der Waals surface area contributed by atoms with Gasteiger partial charge in [-0.25, -0.2) is 0 Å². The van der Waals surface area contributed by atoms with Gasteiger partial charge in [-0.15, -0.1) is 0 Å². The van der Waals surface area contributed by atoms with Crippen molar-refractivity contribution in [1.82, 2.24) is 4.98 Å². The lowest BCUT2D eigenvalue weighted by atomic mass is 10.1. The second kappa shape index (κ2) is 6.91. The molecule has 4 heteroatoms. The summed E-state index contributed by atoms with van der Waals surface area (Å²) in [5, 5.41) is 0. The van der Waals surface area contributed by atoms with Crippen molar-refractivity contribution in [2.75, 3.05) is 7.11 Å². The number of aromatic nitrogens is 1. The minimum Gasteiger partial charge on any atom is -0.493 e. The van der Waals surface area contributed by atoms with Gasteiger partial charge in [0.25, 0.3) is 0 Å². The smallest absolute Gasteiger partial charge is 0.162 e. The van der Waals surface area contributed by atoms with Gasteiger partial charge < -0.3 is 15.2 Å². The second-order valence-electron chi connectivity index (χ2n) is 4.78. The number of nitrogens with zero attached hydrogens (tertiary/aromatic N) is 1. The normalized spacial score (nSPS) is 11.9. The molecular weight excluding hydrogens is 252 g/mol. The Hall–Kier alpha value is -2.07. The third-order valence-electron chi connectivity index (χ3n) is 2.89. The first-order chi connectivity index (χ1) is 9.69. The van der Waals surface area contributed by atoms with Crippen molar-refractivity contribution >= 4 is 0 Å². The number of methoxy groups -OCH3 is 1. The van der Waals surface area contributed by atoms with Gasteiger partial charge in [0.1, 0.15) is 6.61 Å². The van der Waals surface area contributed by atoms with Crippen LogP contribution in [0.3, 0.4) is 0 Å². The number of rotatable bonds is 6. The monoisotopic (exact) mass is 272 g/mol. The summed E-state index contributed by atoms with van der Waals surface area (Å²) in [4.78, 5) is 4.23. The average Bonchev–Trinajstić information content (AvgIpc) is 2.46. The summed E-state index contributed by atoms with van der Waals surface area (Å²) in [7, 11) is 1.63. The Morgan fingerprint density at radius 2 is 2.05 bits per heavy atom. The number of ether oxygens (including phenoxy) is 2. The molecule has 1 atom stereocenters. The molecule has 0 bridgehead atoms.